The molecule has 0 saturated carbocycles. The summed E-state index contributed by atoms with van der Waals surface area (Å²) in [7, 11) is 0. The van der Waals surface area contributed by atoms with Gasteiger partial charge in [-0.05, 0) is 43.2 Å². The molecule has 0 unspecified atom stereocenters. The van der Waals surface area contributed by atoms with Gasteiger partial charge in [0.1, 0.15) is 11.1 Å². The first kappa shape index (κ1) is 23.9. The van der Waals surface area contributed by atoms with Gasteiger partial charge in [-0.15, -0.1) is 6.58 Å². The second kappa shape index (κ2) is 13.8. The third kappa shape index (κ3) is 7.81. The molecule has 0 aliphatic carbocycles. The van der Waals surface area contributed by atoms with Crippen LogP contribution in [0.1, 0.15) is 76.9 Å². The number of benzene rings is 1. The van der Waals surface area contributed by atoms with E-state index in [-0.39, 0.29) is 11.1 Å². The summed E-state index contributed by atoms with van der Waals surface area (Å²) >= 11 is 0. The number of aryl methyl sites for hydroxylation is 1. The Morgan fingerprint density at radius 1 is 1.03 bits per heavy atom. The summed E-state index contributed by atoms with van der Waals surface area (Å²) in [5, 5.41) is 0.523. The quantitative estimate of drug-likeness (QED) is 0.223. The van der Waals surface area contributed by atoms with E-state index in [1.165, 1.54) is 32.1 Å². The van der Waals surface area contributed by atoms with Gasteiger partial charge in [-0.3, -0.25) is 0 Å². The van der Waals surface area contributed by atoms with Gasteiger partial charge in [0.05, 0.1) is 6.61 Å². The van der Waals surface area contributed by atoms with E-state index in [1.54, 1.807) is 18.2 Å². The average Bonchev–Trinajstić information content (AvgIpc) is 2.73. The van der Waals surface area contributed by atoms with Crippen molar-refractivity contribution in [3.8, 4) is 5.75 Å². The van der Waals surface area contributed by atoms with Crippen molar-refractivity contribution in [2.45, 2.75) is 77.6 Å². The molecule has 0 atom stereocenters. The van der Waals surface area contributed by atoms with Crippen LogP contribution in [-0.4, -0.2) is 6.61 Å². The number of halogens is 1. The summed E-state index contributed by atoms with van der Waals surface area (Å²) in [4.78, 5) is 12.4. The van der Waals surface area contributed by atoms with Crippen molar-refractivity contribution in [3.05, 3.63) is 65.0 Å². The second-order valence-electron chi connectivity index (χ2n) is 7.69. The number of hydrogen-bond acceptors (Lipinski definition) is 3. The molecule has 0 radical (unpaired) electrons. The zero-order valence-electron chi connectivity index (χ0n) is 18.3. The average molecular weight is 415 g/mol. The van der Waals surface area contributed by atoms with Crippen LogP contribution in [0.4, 0.5) is 4.39 Å². The van der Waals surface area contributed by atoms with Crippen LogP contribution in [0.5, 0.6) is 5.75 Å². The SMILES string of the molecule is C=CCC/C=C/CCc1cc2ccc(OCCCCCCCCC)c(F)c2c(=O)o1. The van der Waals surface area contributed by atoms with Gasteiger partial charge in [-0.2, -0.15) is 0 Å². The Hall–Kier alpha value is -2.36. The minimum atomic E-state index is -0.642. The van der Waals surface area contributed by atoms with Gasteiger partial charge < -0.3 is 9.15 Å². The molecular formula is C26H35FO3. The molecule has 30 heavy (non-hydrogen) atoms. The van der Waals surface area contributed by atoms with Crippen LogP contribution in [0, 0.1) is 5.82 Å². The summed E-state index contributed by atoms with van der Waals surface area (Å²) in [6.07, 6.45) is 17.5. The Morgan fingerprint density at radius 3 is 2.53 bits per heavy atom. The monoisotopic (exact) mass is 414 g/mol. The third-order valence-corrected chi connectivity index (χ3v) is 5.15. The zero-order chi connectivity index (χ0) is 21.6. The molecule has 1 heterocycles. The third-order valence-electron chi connectivity index (χ3n) is 5.15. The lowest BCUT2D eigenvalue weighted by Crippen LogP contribution is -2.07. The fourth-order valence-electron chi connectivity index (χ4n) is 3.42. The summed E-state index contributed by atoms with van der Waals surface area (Å²) in [5.74, 6) is 0.0655. The van der Waals surface area contributed by atoms with E-state index >= 15 is 0 Å². The van der Waals surface area contributed by atoms with E-state index in [2.05, 4.69) is 25.7 Å². The van der Waals surface area contributed by atoms with Crippen molar-refractivity contribution in [1.82, 2.24) is 0 Å². The van der Waals surface area contributed by atoms with E-state index in [9.17, 15) is 9.18 Å². The lowest BCUT2D eigenvalue weighted by molar-refractivity contribution is 0.291. The lowest BCUT2D eigenvalue weighted by Gasteiger charge is -2.09. The van der Waals surface area contributed by atoms with E-state index in [1.807, 2.05) is 6.08 Å². The molecular weight excluding hydrogens is 379 g/mol. The largest absolute Gasteiger partial charge is 0.490 e. The van der Waals surface area contributed by atoms with Gasteiger partial charge in [0.25, 0.3) is 0 Å². The molecule has 1 aromatic heterocycles. The van der Waals surface area contributed by atoms with Gasteiger partial charge in [-0.25, -0.2) is 9.18 Å². The molecule has 2 aromatic rings. The maximum absolute atomic E-state index is 14.8. The minimum absolute atomic E-state index is 0.0302. The minimum Gasteiger partial charge on any atom is -0.490 e. The van der Waals surface area contributed by atoms with Crippen LogP contribution in [0.2, 0.25) is 0 Å². The molecule has 0 bridgehead atoms. The van der Waals surface area contributed by atoms with Crippen molar-refractivity contribution in [1.29, 1.82) is 0 Å². The smallest absolute Gasteiger partial charge is 0.346 e. The molecule has 0 aliphatic heterocycles. The van der Waals surface area contributed by atoms with Crippen molar-refractivity contribution >= 4 is 10.8 Å². The molecule has 0 fully saturated rings. The highest BCUT2D eigenvalue weighted by molar-refractivity contribution is 5.83. The summed E-state index contributed by atoms with van der Waals surface area (Å²) in [6.45, 7) is 6.35. The normalized spacial score (nSPS) is 11.4. The maximum atomic E-state index is 14.8. The van der Waals surface area contributed by atoms with Crippen LogP contribution >= 0.6 is 0 Å². The fourth-order valence-corrected chi connectivity index (χ4v) is 3.42. The van der Waals surface area contributed by atoms with Crippen molar-refractivity contribution in [2.75, 3.05) is 6.61 Å². The van der Waals surface area contributed by atoms with Gasteiger partial charge in [0, 0.05) is 6.42 Å². The summed E-state index contributed by atoms with van der Waals surface area (Å²) < 4.78 is 25.7. The summed E-state index contributed by atoms with van der Waals surface area (Å²) in [6, 6.07) is 5.09. The number of hydrogen-bond donors (Lipinski definition) is 0. The first-order valence-corrected chi connectivity index (χ1v) is 11.3. The Morgan fingerprint density at radius 2 is 1.77 bits per heavy atom. The zero-order valence-corrected chi connectivity index (χ0v) is 18.3. The Labute approximate surface area is 179 Å². The molecule has 2 rings (SSSR count). The van der Waals surface area contributed by atoms with Gasteiger partial charge in [-0.1, -0.05) is 69.7 Å². The predicted octanol–water partition coefficient (Wildman–Crippen LogP) is 7.52. The maximum Gasteiger partial charge on any atom is 0.346 e. The molecule has 0 amide bonds. The molecule has 0 aliphatic rings. The molecule has 0 spiro atoms. The molecule has 1 aromatic carbocycles. The molecule has 3 nitrogen and oxygen atoms in total. The second-order valence-corrected chi connectivity index (χ2v) is 7.69. The standard InChI is InChI=1S/C26H35FO3/c1-3-5-7-9-11-13-15-19-29-23-18-17-21-20-22(16-14-12-10-8-6-4-2)30-26(28)24(21)25(23)27/h4,10,12,17-18,20H,2-3,5-9,11,13-16,19H2,1H3/b12-10+. The first-order valence-electron chi connectivity index (χ1n) is 11.3. The Kier molecular flexibility index (Phi) is 11.0. The van der Waals surface area contributed by atoms with Crippen LogP contribution in [-0.2, 0) is 6.42 Å². The van der Waals surface area contributed by atoms with Crippen molar-refractivity contribution in [3.63, 3.8) is 0 Å². The van der Waals surface area contributed by atoms with Crippen molar-refractivity contribution in [2.24, 2.45) is 0 Å². The van der Waals surface area contributed by atoms with Gasteiger partial charge in [0.15, 0.2) is 11.6 Å². The highest BCUT2D eigenvalue weighted by Gasteiger charge is 2.14. The van der Waals surface area contributed by atoms with E-state index in [0.29, 0.717) is 24.2 Å². The molecule has 0 N–H and O–H groups in total. The Bertz CT molecular complexity index is 866. The summed E-state index contributed by atoms with van der Waals surface area (Å²) in [5.41, 5.74) is -0.642. The molecule has 4 heteroatoms. The van der Waals surface area contributed by atoms with Gasteiger partial charge >= 0.3 is 5.63 Å². The number of fused-ring (bicyclic) bond motifs is 1. The van der Waals surface area contributed by atoms with E-state index < -0.39 is 11.4 Å². The van der Waals surface area contributed by atoms with Gasteiger partial charge in [0.2, 0.25) is 0 Å². The lowest BCUT2D eigenvalue weighted by atomic mass is 10.1. The van der Waals surface area contributed by atoms with Crippen LogP contribution < -0.4 is 10.4 Å². The number of allylic oxidation sites excluding steroid dienone is 3. The molecule has 164 valence electrons. The van der Waals surface area contributed by atoms with E-state index in [4.69, 9.17) is 9.15 Å². The first-order chi connectivity index (χ1) is 14.7. The van der Waals surface area contributed by atoms with E-state index in [0.717, 1.165) is 32.1 Å². The molecule has 0 saturated heterocycles. The van der Waals surface area contributed by atoms with Crippen LogP contribution in [0.15, 0.2) is 52.2 Å². The highest BCUT2D eigenvalue weighted by Crippen LogP contribution is 2.25. The fraction of sp³-hybridized carbons (Fsp3) is 0.500. The van der Waals surface area contributed by atoms with Crippen molar-refractivity contribution < 1.29 is 13.5 Å². The number of rotatable bonds is 15. The van der Waals surface area contributed by atoms with Crippen LogP contribution in [0.3, 0.4) is 0 Å². The highest BCUT2D eigenvalue weighted by atomic mass is 19.1. The number of ether oxygens (including phenoxy) is 1. The topological polar surface area (TPSA) is 39.4 Å². The Balaban J connectivity index is 1.90. The predicted molar refractivity (Wildman–Crippen MR) is 123 cm³/mol. The number of unbranched alkanes of at least 4 members (excludes halogenated alkanes) is 7. The van der Waals surface area contributed by atoms with Crippen LogP contribution in [0.25, 0.3) is 10.8 Å².